The number of nitrogens with zero attached hydrogens (tertiary/aromatic N) is 2. The molecule has 0 radical (unpaired) electrons. The fourth-order valence-electron chi connectivity index (χ4n) is 4.01. The first-order chi connectivity index (χ1) is 12.5. The zero-order valence-corrected chi connectivity index (χ0v) is 15.9. The van der Waals surface area contributed by atoms with Gasteiger partial charge in [-0.2, -0.15) is 11.3 Å². The average molecular weight is 392 g/mol. The Labute approximate surface area is 157 Å². The van der Waals surface area contributed by atoms with Gasteiger partial charge in [-0.1, -0.05) is 6.07 Å². The summed E-state index contributed by atoms with van der Waals surface area (Å²) < 4.78 is 25.1. The molecule has 0 aromatic carbocycles. The molecule has 26 heavy (non-hydrogen) atoms. The maximum atomic E-state index is 12.6. The number of rotatable bonds is 5. The first-order valence-electron chi connectivity index (χ1n) is 8.64. The molecule has 1 amide bonds. The molecule has 138 valence electrons. The number of aromatic nitrogens is 1. The monoisotopic (exact) mass is 391 g/mol. The van der Waals surface area contributed by atoms with Gasteiger partial charge in [0.05, 0.1) is 17.4 Å². The van der Waals surface area contributed by atoms with Crippen molar-refractivity contribution in [2.75, 3.05) is 18.8 Å². The molecular formula is C18H21N3O3S2. The quantitative estimate of drug-likeness (QED) is 0.826. The minimum atomic E-state index is -3.18. The second-order valence-corrected chi connectivity index (χ2v) is 10.1. The van der Waals surface area contributed by atoms with Gasteiger partial charge in [-0.15, -0.1) is 0 Å². The fraction of sp³-hybridized carbons (Fsp3) is 0.444. The fourth-order valence-corrected chi connectivity index (χ4v) is 7.00. The van der Waals surface area contributed by atoms with Gasteiger partial charge in [0.1, 0.15) is 0 Å². The van der Waals surface area contributed by atoms with Crippen LogP contribution in [-0.2, 0) is 27.6 Å². The lowest BCUT2D eigenvalue weighted by Crippen LogP contribution is -2.42. The molecule has 6 nitrogen and oxygen atoms in total. The van der Waals surface area contributed by atoms with E-state index in [9.17, 15) is 13.2 Å². The summed E-state index contributed by atoms with van der Waals surface area (Å²) in [5.41, 5.74) is 2.04. The molecule has 0 aliphatic carbocycles. The number of thiophene rings is 1. The van der Waals surface area contributed by atoms with Gasteiger partial charge in [-0.25, -0.2) is 8.42 Å². The first-order valence-corrected chi connectivity index (χ1v) is 11.3. The van der Waals surface area contributed by atoms with Crippen LogP contribution in [0.4, 0.5) is 0 Å². The molecule has 1 N–H and O–H groups in total. The summed E-state index contributed by atoms with van der Waals surface area (Å²) in [5, 5.41) is 6.47. The van der Waals surface area contributed by atoms with Crippen molar-refractivity contribution >= 4 is 27.1 Å². The van der Waals surface area contributed by atoms with E-state index in [2.05, 4.69) is 15.2 Å². The number of hydrogen-bond donors (Lipinski definition) is 1. The Morgan fingerprint density at radius 3 is 2.92 bits per heavy atom. The van der Waals surface area contributed by atoms with Gasteiger partial charge in [-0.3, -0.25) is 14.7 Å². The molecule has 4 heterocycles. The summed E-state index contributed by atoms with van der Waals surface area (Å²) in [4.78, 5) is 18.6. The topological polar surface area (TPSA) is 79.4 Å². The van der Waals surface area contributed by atoms with Gasteiger partial charge < -0.3 is 5.32 Å². The van der Waals surface area contributed by atoms with Crippen LogP contribution in [0.15, 0.2) is 41.4 Å². The van der Waals surface area contributed by atoms with Crippen LogP contribution in [0.1, 0.15) is 11.1 Å². The largest absolute Gasteiger partial charge is 0.352 e. The number of carbonyl (C=O) groups excluding carboxylic acids is 1. The van der Waals surface area contributed by atoms with Crippen LogP contribution < -0.4 is 5.32 Å². The van der Waals surface area contributed by atoms with Gasteiger partial charge in [-0.05, 0) is 34.0 Å². The van der Waals surface area contributed by atoms with Crippen molar-refractivity contribution in [3.8, 4) is 0 Å². The Morgan fingerprint density at radius 2 is 2.19 bits per heavy atom. The van der Waals surface area contributed by atoms with Gasteiger partial charge in [0.25, 0.3) is 0 Å². The van der Waals surface area contributed by atoms with Crippen molar-refractivity contribution < 1.29 is 13.2 Å². The molecule has 0 saturated carbocycles. The van der Waals surface area contributed by atoms with E-state index in [4.69, 9.17) is 0 Å². The molecule has 2 aliphatic rings. The van der Waals surface area contributed by atoms with Crippen molar-refractivity contribution in [3.05, 3.63) is 52.5 Å². The third kappa shape index (κ3) is 3.67. The second-order valence-electron chi connectivity index (χ2n) is 7.07. The minimum absolute atomic E-state index is 0.0388. The highest BCUT2D eigenvalue weighted by Crippen LogP contribution is 2.34. The highest BCUT2D eigenvalue weighted by molar-refractivity contribution is 7.92. The lowest BCUT2D eigenvalue weighted by Gasteiger charge is -2.21. The molecule has 8 heteroatoms. The zero-order valence-electron chi connectivity index (χ0n) is 14.2. The van der Waals surface area contributed by atoms with E-state index in [-0.39, 0.29) is 28.9 Å². The standard InChI is InChI=1S/C18H21N3O3S2/c22-18(6-13-3-5-25-11-13)20-16-12-26(23,24)17-10-21(9-15(16)17)8-14-2-1-4-19-7-14/h1-5,7,11,15-17H,6,8-10,12H2,(H,20,22)/t15-,16+,17-/m0/s1. The van der Waals surface area contributed by atoms with Crippen LogP contribution in [0.25, 0.3) is 0 Å². The number of hydrogen-bond acceptors (Lipinski definition) is 6. The Morgan fingerprint density at radius 1 is 1.31 bits per heavy atom. The lowest BCUT2D eigenvalue weighted by atomic mass is 10.0. The molecular weight excluding hydrogens is 370 g/mol. The molecule has 3 atom stereocenters. The Kier molecular flexibility index (Phi) is 4.81. The van der Waals surface area contributed by atoms with Gasteiger partial charge in [0.15, 0.2) is 9.84 Å². The third-order valence-electron chi connectivity index (χ3n) is 5.19. The van der Waals surface area contributed by atoms with Crippen molar-refractivity contribution in [1.82, 2.24) is 15.2 Å². The molecule has 2 aliphatic heterocycles. The number of likely N-dealkylation sites (tertiary alicyclic amines) is 1. The van der Waals surface area contributed by atoms with E-state index in [0.29, 0.717) is 26.1 Å². The van der Waals surface area contributed by atoms with Crippen molar-refractivity contribution in [3.63, 3.8) is 0 Å². The molecule has 0 unspecified atom stereocenters. The third-order valence-corrected chi connectivity index (χ3v) is 8.17. The minimum Gasteiger partial charge on any atom is -0.352 e. The summed E-state index contributed by atoms with van der Waals surface area (Å²) in [6.45, 7) is 1.90. The van der Waals surface area contributed by atoms with E-state index in [1.54, 1.807) is 17.5 Å². The van der Waals surface area contributed by atoms with Crippen LogP contribution in [0.3, 0.4) is 0 Å². The molecule has 2 aromatic rings. The van der Waals surface area contributed by atoms with E-state index in [1.807, 2.05) is 35.2 Å². The average Bonchev–Trinajstić information content (AvgIpc) is 3.29. The van der Waals surface area contributed by atoms with Crippen molar-refractivity contribution in [2.24, 2.45) is 5.92 Å². The normalized spacial score (nSPS) is 27.3. The van der Waals surface area contributed by atoms with Crippen molar-refractivity contribution in [1.29, 1.82) is 0 Å². The zero-order chi connectivity index (χ0) is 18.1. The molecule has 0 bridgehead atoms. The van der Waals surface area contributed by atoms with E-state index < -0.39 is 9.84 Å². The number of pyridine rings is 1. The predicted octanol–water partition coefficient (Wildman–Crippen LogP) is 1.10. The highest BCUT2D eigenvalue weighted by Gasteiger charge is 2.52. The van der Waals surface area contributed by atoms with E-state index in [1.165, 1.54) is 0 Å². The van der Waals surface area contributed by atoms with Crippen LogP contribution in [-0.4, -0.2) is 54.3 Å². The summed E-state index contributed by atoms with van der Waals surface area (Å²) in [7, 11) is -3.18. The smallest absolute Gasteiger partial charge is 0.224 e. The maximum absolute atomic E-state index is 12.6. The molecule has 2 fully saturated rings. The van der Waals surface area contributed by atoms with Gasteiger partial charge >= 0.3 is 0 Å². The number of carbonyl (C=O) groups is 1. The summed E-state index contributed by atoms with van der Waals surface area (Å²) in [5.74, 6) is -0.0867. The van der Waals surface area contributed by atoms with Crippen molar-refractivity contribution in [2.45, 2.75) is 24.3 Å². The Hall–Kier alpha value is -1.77. The SMILES string of the molecule is O=C(Cc1ccsc1)N[C@@H]1CS(=O)(=O)[C@H]2CN(Cc3cccnc3)C[C@@H]12. The summed E-state index contributed by atoms with van der Waals surface area (Å²) >= 11 is 1.55. The molecule has 4 rings (SSSR count). The molecule has 2 saturated heterocycles. The Bertz CT molecular complexity index is 868. The molecule has 2 aromatic heterocycles. The highest BCUT2D eigenvalue weighted by atomic mass is 32.2. The lowest BCUT2D eigenvalue weighted by molar-refractivity contribution is -0.121. The van der Waals surface area contributed by atoms with Crippen LogP contribution in [0, 0.1) is 5.92 Å². The van der Waals surface area contributed by atoms with Gasteiger partial charge in [0.2, 0.25) is 5.91 Å². The first kappa shape index (κ1) is 17.6. The number of sulfone groups is 1. The number of nitrogens with one attached hydrogen (secondary N) is 1. The van der Waals surface area contributed by atoms with Crippen LogP contribution in [0.2, 0.25) is 0 Å². The van der Waals surface area contributed by atoms with Gasteiger partial charge in [0, 0.05) is 44.0 Å². The number of fused-ring (bicyclic) bond motifs is 1. The molecule has 0 spiro atoms. The number of amides is 1. The van der Waals surface area contributed by atoms with E-state index in [0.717, 1.165) is 11.1 Å². The maximum Gasteiger partial charge on any atom is 0.224 e. The van der Waals surface area contributed by atoms with Crippen LogP contribution >= 0.6 is 11.3 Å². The summed E-state index contributed by atoms with van der Waals surface area (Å²) in [6.07, 6.45) is 3.84. The van der Waals surface area contributed by atoms with E-state index >= 15 is 0 Å². The second kappa shape index (κ2) is 7.09. The van der Waals surface area contributed by atoms with Crippen LogP contribution in [0.5, 0.6) is 0 Å². The predicted molar refractivity (Wildman–Crippen MR) is 101 cm³/mol. The summed E-state index contributed by atoms with van der Waals surface area (Å²) in [6, 6.07) is 5.51. The Balaban J connectivity index is 1.42.